The first-order valence-corrected chi connectivity index (χ1v) is 9.52. The Bertz CT molecular complexity index is 668. The molecule has 0 bridgehead atoms. The maximum absolute atomic E-state index is 13.7. The number of hydrogen-bond donors (Lipinski definition) is 2. The Kier molecular flexibility index (Phi) is 7.60. The lowest BCUT2D eigenvalue weighted by Gasteiger charge is -2.29. The van der Waals surface area contributed by atoms with Crippen LogP contribution in [0.25, 0.3) is 0 Å². The summed E-state index contributed by atoms with van der Waals surface area (Å²) in [4.78, 5) is 26.0. The van der Waals surface area contributed by atoms with Gasteiger partial charge in [0, 0.05) is 31.7 Å². The Morgan fingerprint density at radius 1 is 1.14 bits per heavy atom. The standard InChI is InChI=1S/C20H28F3N3O2/c1-13(2)12-17(14(3)27)25-18(20(21,22)23)15-4-6-16(7-5-15)19(28)26-10-8-24-9-11-26/h4-7,13,17-18,24-25H,8-12H2,1-3H3/t17-,18-/m0/s1. The van der Waals surface area contributed by atoms with Gasteiger partial charge >= 0.3 is 6.18 Å². The Hall–Kier alpha value is -1.93. The topological polar surface area (TPSA) is 61.4 Å². The number of ketones is 1. The van der Waals surface area contributed by atoms with Crippen LogP contribution >= 0.6 is 0 Å². The number of carbonyl (C=O) groups excluding carboxylic acids is 2. The molecular weight excluding hydrogens is 371 g/mol. The number of nitrogens with one attached hydrogen (secondary N) is 2. The van der Waals surface area contributed by atoms with E-state index in [1.54, 1.807) is 4.90 Å². The van der Waals surface area contributed by atoms with Crippen LogP contribution in [0.1, 0.15) is 49.2 Å². The lowest BCUT2D eigenvalue weighted by atomic mass is 9.97. The number of hydrogen-bond acceptors (Lipinski definition) is 4. The van der Waals surface area contributed by atoms with Crippen LogP contribution in [0.4, 0.5) is 13.2 Å². The molecule has 0 spiro atoms. The second kappa shape index (κ2) is 9.52. The molecule has 0 saturated carbocycles. The van der Waals surface area contributed by atoms with Gasteiger partial charge in [-0.2, -0.15) is 13.2 Å². The van der Waals surface area contributed by atoms with Crippen molar-refractivity contribution in [3.8, 4) is 0 Å². The van der Waals surface area contributed by atoms with Crippen LogP contribution in [0.3, 0.4) is 0 Å². The first-order valence-electron chi connectivity index (χ1n) is 9.52. The van der Waals surface area contributed by atoms with Gasteiger partial charge in [-0.1, -0.05) is 26.0 Å². The molecule has 1 aromatic carbocycles. The summed E-state index contributed by atoms with van der Waals surface area (Å²) in [5.74, 6) is -0.436. The predicted molar refractivity (Wildman–Crippen MR) is 101 cm³/mol. The summed E-state index contributed by atoms with van der Waals surface area (Å²) in [6.45, 7) is 7.56. The fourth-order valence-corrected chi connectivity index (χ4v) is 3.27. The maximum Gasteiger partial charge on any atom is 0.407 e. The third-order valence-electron chi connectivity index (χ3n) is 4.79. The number of Topliss-reactive ketones (excluding diaryl/α,β-unsaturated/α-hetero) is 1. The summed E-state index contributed by atoms with van der Waals surface area (Å²) in [5, 5.41) is 5.62. The van der Waals surface area contributed by atoms with E-state index in [4.69, 9.17) is 0 Å². The number of carbonyl (C=O) groups is 2. The summed E-state index contributed by atoms with van der Waals surface area (Å²) >= 11 is 0. The summed E-state index contributed by atoms with van der Waals surface area (Å²) in [7, 11) is 0. The van der Waals surface area contributed by atoms with Gasteiger partial charge in [-0.3, -0.25) is 14.9 Å². The van der Waals surface area contributed by atoms with Gasteiger partial charge < -0.3 is 10.2 Å². The molecule has 1 saturated heterocycles. The van der Waals surface area contributed by atoms with Crippen molar-refractivity contribution in [1.82, 2.24) is 15.5 Å². The van der Waals surface area contributed by atoms with Gasteiger partial charge in [0.15, 0.2) is 0 Å². The number of halogens is 3. The zero-order valence-corrected chi connectivity index (χ0v) is 16.5. The van der Waals surface area contributed by atoms with Crippen LogP contribution in [-0.4, -0.2) is 55.0 Å². The molecule has 0 radical (unpaired) electrons. The molecule has 0 unspecified atom stereocenters. The van der Waals surface area contributed by atoms with Gasteiger partial charge in [0.25, 0.3) is 5.91 Å². The number of alkyl halides is 3. The molecule has 1 heterocycles. The number of rotatable bonds is 7. The molecule has 8 heteroatoms. The van der Waals surface area contributed by atoms with Crippen molar-refractivity contribution in [3.05, 3.63) is 35.4 Å². The van der Waals surface area contributed by atoms with E-state index in [-0.39, 0.29) is 23.2 Å². The normalized spacial score (nSPS) is 17.5. The number of piperazine rings is 1. The summed E-state index contributed by atoms with van der Waals surface area (Å²) < 4.78 is 41.0. The predicted octanol–water partition coefficient (Wildman–Crippen LogP) is 2.93. The summed E-state index contributed by atoms with van der Waals surface area (Å²) in [5.41, 5.74) is 0.344. The van der Waals surface area contributed by atoms with Gasteiger partial charge in [-0.25, -0.2) is 0 Å². The van der Waals surface area contributed by atoms with Gasteiger partial charge in [-0.05, 0) is 37.0 Å². The molecule has 1 aliphatic rings. The molecule has 156 valence electrons. The van der Waals surface area contributed by atoms with Crippen molar-refractivity contribution in [3.63, 3.8) is 0 Å². The van der Waals surface area contributed by atoms with Crippen molar-refractivity contribution in [1.29, 1.82) is 0 Å². The molecule has 1 fully saturated rings. The van der Waals surface area contributed by atoms with Crippen molar-refractivity contribution in [2.75, 3.05) is 26.2 Å². The average Bonchev–Trinajstić information content (AvgIpc) is 2.64. The SMILES string of the molecule is CC(=O)[C@H](CC(C)C)N[C@@H](c1ccc(C(=O)N2CCNCC2)cc1)C(F)(F)F. The Morgan fingerprint density at radius 2 is 1.71 bits per heavy atom. The molecule has 28 heavy (non-hydrogen) atoms. The Labute approximate surface area is 163 Å². The highest BCUT2D eigenvalue weighted by Gasteiger charge is 2.42. The largest absolute Gasteiger partial charge is 0.407 e. The van der Waals surface area contributed by atoms with Crippen LogP contribution in [0, 0.1) is 5.92 Å². The van der Waals surface area contributed by atoms with Crippen molar-refractivity contribution >= 4 is 11.7 Å². The van der Waals surface area contributed by atoms with Crippen molar-refractivity contribution in [2.45, 2.75) is 45.5 Å². The van der Waals surface area contributed by atoms with Crippen LogP contribution < -0.4 is 10.6 Å². The van der Waals surface area contributed by atoms with E-state index in [0.29, 0.717) is 38.2 Å². The number of nitrogens with zero attached hydrogens (tertiary/aromatic N) is 1. The zero-order chi connectivity index (χ0) is 20.9. The summed E-state index contributed by atoms with van der Waals surface area (Å²) in [6, 6.07) is 2.62. The lowest BCUT2D eigenvalue weighted by molar-refractivity contribution is -0.160. The van der Waals surface area contributed by atoms with Crippen molar-refractivity contribution < 1.29 is 22.8 Å². The second-order valence-electron chi connectivity index (χ2n) is 7.60. The molecule has 1 aromatic rings. The molecule has 1 aliphatic heterocycles. The summed E-state index contributed by atoms with van der Waals surface area (Å²) in [6.07, 6.45) is -4.24. The van der Waals surface area contributed by atoms with E-state index in [2.05, 4.69) is 10.6 Å². The van der Waals surface area contributed by atoms with Crippen LogP contribution in [0.5, 0.6) is 0 Å². The fraction of sp³-hybridized carbons (Fsp3) is 0.600. The minimum atomic E-state index is -4.56. The average molecular weight is 399 g/mol. The molecule has 1 amide bonds. The van der Waals surface area contributed by atoms with E-state index in [9.17, 15) is 22.8 Å². The van der Waals surface area contributed by atoms with Gasteiger partial charge in [-0.15, -0.1) is 0 Å². The van der Waals surface area contributed by atoms with Crippen LogP contribution in [0.15, 0.2) is 24.3 Å². The molecule has 2 rings (SSSR count). The number of amides is 1. The Balaban J connectivity index is 2.19. The van der Waals surface area contributed by atoms with E-state index >= 15 is 0 Å². The van der Waals surface area contributed by atoms with E-state index in [1.165, 1.54) is 31.2 Å². The van der Waals surface area contributed by atoms with E-state index in [0.717, 1.165) is 0 Å². The Morgan fingerprint density at radius 3 is 2.18 bits per heavy atom. The van der Waals surface area contributed by atoms with Crippen molar-refractivity contribution in [2.24, 2.45) is 5.92 Å². The smallest absolute Gasteiger partial charge is 0.336 e. The molecular formula is C20H28F3N3O2. The third-order valence-corrected chi connectivity index (χ3v) is 4.79. The monoisotopic (exact) mass is 399 g/mol. The molecule has 0 aliphatic carbocycles. The van der Waals surface area contributed by atoms with Crippen LogP contribution in [0.2, 0.25) is 0 Å². The van der Waals surface area contributed by atoms with E-state index in [1.807, 2.05) is 13.8 Å². The van der Waals surface area contributed by atoms with E-state index < -0.39 is 18.3 Å². The number of benzene rings is 1. The highest BCUT2D eigenvalue weighted by Crippen LogP contribution is 2.34. The van der Waals surface area contributed by atoms with Gasteiger partial charge in [0.2, 0.25) is 0 Å². The van der Waals surface area contributed by atoms with Gasteiger partial charge in [0.1, 0.15) is 11.8 Å². The maximum atomic E-state index is 13.7. The van der Waals surface area contributed by atoms with Crippen LogP contribution in [-0.2, 0) is 4.79 Å². The molecule has 0 aromatic heterocycles. The first kappa shape index (κ1) is 22.4. The molecule has 5 nitrogen and oxygen atoms in total. The highest BCUT2D eigenvalue weighted by molar-refractivity contribution is 5.94. The highest BCUT2D eigenvalue weighted by atomic mass is 19.4. The quantitative estimate of drug-likeness (QED) is 0.740. The van der Waals surface area contributed by atoms with Gasteiger partial charge in [0.05, 0.1) is 6.04 Å². The molecule has 2 N–H and O–H groups in total. The minimum absolute atomic E-state index is 0.0145. The second-order valence-corrected chi connectivity index (χ2v) is 7.60. The molecule has 2 atom stereocenters. The minimum Gasteiger partial charge on any atom is -0.336 e. The fourth-order valence-electron chi connectivity index (χ4n) is 3.27. The zero-order valence-electron chi connectivity index (χ0n) is 16.5. The lowest BCUT2D eigenvalue weighted by Crippen LogP contribution is -2.46. The third kappa shape index (κ3) is 6.04. The first-order chi connectivity index (χ1) is 13.1.